The molecule has 20 nitrogen and oxygen atoms in total. The molecule has 7 N–H and O–H groups in total. The second kappa shape index (κ2) is 18.7. The number of ether oxygens (including phenoxy) is 3. The van der Waals surface area contributed by atoms with Gasteiger partial charge in [0.25, 0.3) is 11.8 Å². The van der Waals surface area contributed by atoms with Gasteiger partial charge in [0.05, 0.1) is 49.4 Å². The maximum Gasteiger partial charge on any atom is 0.298 e. The van der Waals surface area contributed by atoms with Crippen LogP contribution in [-0.2, 0) is 30.9 Å². The van der Waals surface area contributed by atoms with Crippen molar-refractivity contribution >= 4 is 45.6 Å². The number of primary amides is 1. The molecule has 62 heavy (non-hydrogen) atoms. The number of nitrogens with two attached hydrogens (primary N) is 2. The van der Waals surface area contributed by atoms with Crippen molar-refractivity contribution in [3.05, 3.63) is 93.7 Å². The van der Waals surface area contributed by atoms with Gasteiger partial charge >= 0.3 is 0 Å². The highest BCUT2D eigenvalue weighted by Crippen LogP contribution is 2.28. The molecule has 4 aromatic heterocycles. The van der Waals surface area contributed by atoms with Crippen LogP contribution in [0.25, 0.3) is 22.1 Å². The third-order valence-corrected chi connectivity index (χ3v) is 10.5. The second-order valence-corrected chi connectivity index (χ2v) is 14.8. The van der Waals surface area contributed by atoms with Crippen LogP contribution in [0.4, 0.5) is 0 Å². The summed E-state index contributed by atoms with van der Waals surface area (Å²) in [6.07, 6.45) is 4.50. The van der Waals surface area contributed by atoms with Crippen molar-refractivity contribution < 1.29 is 28.6 Å². The molecule has 2 aromatic carbocycles. The minimum Gasteiger partial charge on any atom is -0.494 e. The number of H-pyrrole nitrogens is 2. The molecule has 20 heteroatoms. The summed E-state index contributed by atoms with van der Waals surface area (Å²) in [6.45, 7) is 13.1. The lowest BCUT2D eigenvalue weighted by atomic mass is 10.1. The predicted molar refractivity (Wildman–Crippen MR) is 230 cm³/mol. The Labute approximate surface area is 356 Å². The van der Waals surface area contributed by atoms with E-state index in [4.69, 9.17) is 31.1 Å². The summed E-state index contributed by atoms with van der Waals surface area (Å²) < 4.78 is 24.4. The molecule has 0 aliphatic carbocycles. The number of nitrogens with one attached hydrogen (secondary N) is 3. The molecule has 7 rings (SSSR count). The van der Waals surface area contributed by atoms with E-state index in [2.05, 4.69) is 35.1 Å². The number of methoxy groups -OCH3 is 1. The number of amides is 3. The maximum absolute atomic E-state index is 13.8. The molecule has 0 bridgehead atoms. The molecular formula is C42H52N14O6. The van der Waals surface area contributed by atoms with Crippen LogP contribution in [0.3, 0.4) is 0 Å². The number of carbonyl (C=O) groups is 3. The molecule has 3 amide bonds. The van der Waals surface area contributed by atoms with E-state index in [1.54, 1.807) is 51.2 Å². The summed E-state index contributed by atoms with van der Waals surface area (Å²) in [5.74, 6) is -1.00. The van der Waals surface area contributed by atoms with Gasteiger partial charge < -0.3 is 44.8 Å². The van der Waals surface area contributed by atoms with Crippen LogP contribution in [0.15, 0.2) is 58.5 Å². The first-order valence-corrected chi connectivity index (χ1v) is 20.4. The number of fused-ring (bicyclic) bond motifs is 2. The number of carbonyl (C=O) groups excluding carboxylic acids is 3. The van der Waals surface area contributed by atoms with E-state index in [9.17, 15) is 14.4 Å². The molecule has 1 aliphatic heterocycles. The molecule has 1 saturated heterocycles. The summed E-state index contributed by atoms with van der Waals surface area (Å²) in [5, 5.41) is 17.1. The molecule has 1 fully saturated rings. The monoisotopic (exact) mass is 848 g/mol. The van der Waals surface area contributed by atoms with Crippen LogP contribution in [0.5, 0.6) is 11.5 Å². The SMILES string of the molecule is CCn1nc(C)cc1C(=O)/N=c1/[nH]c2cc(C(N)=O)cc(OC)c2n1C/C=C/Cn1/c(=N/C(=O)c2cc(C)nn2CC)[nH]c2cc(C(=N)N)cc(OCCCN3CCOCC3)c21. The number of imidazole rings is 2. The lowest BCUT2D eigenvalue weighted by molar-refractivity contribution is 0.0358. The fraction of sp³-hybridized carbons (Fsp3) is 0.381. The largest absolute Gasteiger partial charge is 0.494 e. The second-order valence-electron chi connectivity index (χ2n) is 14.8. The Morgan fingerprint density at radius 3 is 1.82 bits per heavy atom. The number of nitrogens with zero attached hydrogens (tertiary/aromatic N) is 9. The number of nitrogen functional groups attached to an aromatic ring is 1. The van der Waals surface area contributed by atoms with Gasteiger partial charge in [-0.1, -0.05) is 12.2 Å². The number of allylic oxidation sites excluding steroid dienone is 2. The number of amidine groups is 1. The van der Waals surface area contributed by atoms with Crippen molar-refractivity contribution in [1.82, 2.24) is 43.6 Å². The first-order valence-electron chi connectivity index (χ1n) is 20.4. The average molecular weight is 849 g/mol. The Morgan fingerprint density at radius 1 is 0.806 bits per heavy atom. The highest BCUT2D eigenvalue weighted by Gasteiger charge is 2.20. The van der Waals surface area contributed by atoms with E-state index < -0.39 is 17.7 Å². The molecule has 326 valence electrons. The number of benzene rings is 2. The average Bonchev–Trinajstić information content (AvgIpc) is 4.03. The van der Waals surface area contributed by atoms with Gasteiger partial charge in [0.2, 0.25) is 17.1 Å². The van der Waals surface area contributed by atoms with Crippen LogP contribution in [-0.4, -0.2) is 114 Å². The number of aromatic nitrogens is 8. The zero-order chi connectivity index (χ0) is 44.1. The van der Waals surface area contributed by atoms with Crippen molar-refractivity contribution in [1.29, 1.82) is 5.41 Å². The lowest BCUT2D eigenvalue weighted by Crippen LogP contribution is -2.37. The summed E-state index contributed by atoms with van der Waals surface area (Å²) in [6, 6.07) is 9.95. The first-order chi connectivity index (χ1) is 29.9. The molecule has 0 spiro atoms. The summed E-state index contributed by atoms with van der Waals surface area (Å²) in [7, 11) is 1.48. The van der Waals surface area contributed by atoms with Crippen molar-refractivity contribution in [2.24, 2.45) is 21.5 Å². The van der Waals surface area contributed by atoms with Crippen LogP contribution >= 0.6 is 0 Å². The number of aromatic amines is 2. The number of morpholine rings is 1. The zero-order valence-electron chi connectivity index (χ0n) is 35.5. The Kier molecular flexibility index (Phi) is 13.0. The normalized spacial score (nSPS) is 14.1. The third-order valence-electron chi connectivity index (χ3n) is 10.5. The van der Waals surface area contributed by atoms with Gasteiger partial charge in [0.15, 0.2) is 0 Å². The van der Waals surface area contributed by atoms with Crippen LogP contribution < -0.4 is 32.2 Å². The molecule has 0 saturated carbocycles. The van der Waals surface area contributed by atoms with E-state index in [1.807, 2.05) is 37.5 Å². The van der Waals surface area contributed by atoms with E-state index in [0.29, 0.717) is 94.8 Å². The first kappa shape index (κ1) is 43.0. The van der Waals surface area contributed by atoms with Crippen molar-refractivity contribution in [2.45, 2.75) is 60.3 Å². The van der Waals surface area contributed by atoms with Gasteiger partial charge in [-0.3, -0.25) is 34.1 Å². The topological polar surface area (TPSA) is 260 Å². The number of aryl methyl sites for hydroxylation is 4. The van der Waals surface area contributed by atoms with Crippen LogP contribution in [0.1, 0.15) is 68.6 Å². The highest BCUT2D eigenvalue weighted by atomic mass is 16.5. The lowest BCUT2D eigenvalue weighted by Gasteiger charge is -2.26. The number of hydrogen-bond acceptors (Lipinski definition) is 10. The summed E-state index contributed by atoms with van der Waals surface area (Å²) >= 11 is 0. The summed E-state index contributed by atoms with van der Waals surface area (Å²) in [4.78, 5) is 57.5. The minimum absolute atomic E-state index is 0.147. The standard InChI is InChI=1S/C42H52N14O6/c1-6-55-31(19-25(3)50-55)39(58)48-41-47-30-22-28(38(45)57)24-33(60-5)35(30)53(41)12-8-9-13-54-36-29(46-42(54)49-40(59)32-20-26(4)51-56(32)7-2)21-27(37(43)44)23-34(36)62-16-10-11-52-14-17-61-18-15-52/h8-9,19-24H,6-7,10-18H2,1-5H3,(H3,43,44)(H2,45,57)(H,46,49,59)(H,47,48,58)/b9-8+. The Morgan fingerprint density at radius 2 is 1.32 bits per heavy atom. The molecule has 0 radical (unpaired) electrons. The zero-order valence-corrected chi connectivity index (χ0v) is 35.5. The fourth-order valence-electron chi connectivity index (χ4n) is 7.53. The van der Waals surface area contributed by atoms with Crippen molar-refractivity contribution in [3.8, 4) is 11.5 Å². The highest BCUT2D eigenvalue weighted by molar-refractivity contribution is 6.00. The molecule has 6 aromatic rings. The molecule has 0 atom stereocenters. The smallest absolute Gasteiger partial charge is 0.298 e. The van der Waals surface area contributed by atoms with E-state index in [-0.39, 0.29) is 35.7 Å². The Hall–Kier alpha value is -7.06. The van der Waals surface area contributed by atoms with Gasteiger partial charge in [-0.05, 0) is 70.5 Å². The van der Waals surface area contributed by atoms with E-state index in [1.165, 1.54) is 13.2 Å². The fourth-order valence-corrected chi connectivity index (χ4v) is 7.53. The van der Waals surface area contributed by atoms with Gasteiger partial charge in [-0.15, -0.1) is 0 Å². The summed E-state index contributed by atoms with van der Waals surface area (Å²) in [5.41, 5.74) is 17.0. The molecule has 0 unspecified atom stereocenters. The van der Waals surface area contributed by atoms with Crippen LogP contribution in [0.2, 0.25) is 0 Å². The van der Waals surface area contributed by atoms with Gasteiger partial charge in [0.1, 0.15) is 39.8 Å². The molecule has 5 heterocycles. The Bertz CT molecular complexity index is 2840. The Balaban J connectivity index is 1.30. The van der Waals surface area contributed by atoms with E-state index in [0.717, 1.165) is 26.1 Å². The number of hydrogen-bond donors (Lipinski definition) is 5. The third kappa shape index (κ3) is 9.15. The minimum atomic E-state index is -0.649. The quantitative estimate of drug-likeness (QED) is 0.0412. The van der Waals surface area contributed by atoms with Gasteiger partial charge in [0, 0.05) is 56.9 Å². The molecule has 1 aliphatic rings. The van der Waals surface area contributed by atoms with Crippen molar-refractivity contribution in [2.75, 3.05) is 46.6 Å². The number of rotatable bonds is 16. The van der Waals surface area contributed by atoms with Gasteiger partial charge in [-0.2, -0.15) is 20.2 Å². The maximum atomic E-state index is 13.8. The van der Waals surface area contributed by atoms with Crippen LogP contribution in [0, 0.1) is 19.3 Å². The molecular weight excluding hydrogens is 797 g/mol. The predicted octanol–water partition coefficient (Wildman–Crippen LogP) is 2.53. The van der Waals surface area contributed by atoms with Crippen molar-refractivity contribution in [3.63, 3.8) is 0 Å². The van der Waals surface area contributed by atoms with E-state index >= 15 is 0 Å². The van der Waals surface area contributed by atoms with Gasteiger partial charge in [-0.25, -0.2) is 0 Å².